The number of aromatic nitrogens is 4. The number of likely N-dealkylation sites (tertiary alicyclic amines) is 1. The first-order valence-electron chi connectivity index (χ1n) is 9.83. The summed E-state index contributed by atoms with van der Waals surface area (Å²) in [5, 5.41) is 11.4. The number of imidazole rings is 1. The standard InChI is InChI=1S/C18H22N6O2.C2HF3O2/c1-22-11-20-15-7-12(3-4-16(15)22)18(25)24-10-14(26-2)8-13(24)9-23-6-5-17(19)21-23;3-2(4,5)1(6)7/h3-7,11,13-14H,8-10H2,1-2H3,(H2,19,21);(H,6,7)/t13-,14+;/m0./s1. The van der Waals surface area contributed by atoms with Crippen LogP contribution >= 0.6 is 0 Å². The van der Waals surface area contributed by atoms with E-state index >= 15 is 0 Å². The maximum Gasteiger partial charge on any atom is 0.490 e. The molecule has 0 unspecified atom stereocenters. The lowest BCUT2D eigenvalue weighted by molar-refractivity contribution is -0.192. The average molecular weight is 468 g/mol. The quantitative estimate of drug-likeness (QED) is 0.599. The van der Waals surface area contributed by atoms with Crippen molar-refractivity contribution in [2.75, 3.05) is 19.4 Å². The number of carbonyl (C=O) groups excluding carboxylic acids is 1. The molecule has 1 aliphatic heterocycles. The van der Waals surface area contributed by atoms with Crippen molar-refractivity contribution in [2.45, 2.75) is 31.3 Å². The minimum atomic E-state index is -5.08. The lowest BCUT2D eigenvalue weighted by Gasteiger charge is -2.24. The molecular formula is C20H23F3N6O4. The number of methoxy groups -OCH3 is 1. The van der Waals surface area contributed by atoms with Crippen LogP contribution in [0.5, 0.6) is 0 Å². The van der Waals surface area contributed by atoms with Crippen LogP contribution in [0.1, 0.15) is 16.8 Å². The number of carboxylic acids is 1. The summed E-state index contributed by atoms with van der Waals surface area (Å²) >= 11 is 0. The second-order valence-electron chi connectivity index (χ2n) is 7.53. The average Bonchev–Trinajstić information content (AvgIpc) is 3.46. The van der Waals surface area contributed by atoms with Gasteiger partial charge in [0.05, 0.1) is 36.1 Å². The zero-order valence-electron chi connectivity index (χ0n) is 17.9. The normalized spacial score (nSPS) is 18.3. The summed E-state index contributed by atoms with van der Waals surface area (Å²) in [5.41, 5.74) is 8.16. The number of hydrogen-bond donors (Lipinski definition) is 2. The van der Waals surface area contributed by atoms with Crippen LogP contribution in [0.2, 0.25) is 0 Å². The largest absolute Gasteiger partial charge is 0.490 e. The van der Waals surface area contributed by atoms with Crippen LogP contribution in [0, 0.1) is 0 Å². The van der Waals surface area contributed by atoms with Crippen molar-refractivity contribution in [1.82, 2.24) is 24.2 Å². The number of halogens is 3. The first-order valence-corrected chi connectivity index (χ1v) is 9.83. The molecule has 4 rings (SSSR count). The zero-order valence-corrected chi connectivity index (χ0v) is 17.9. The van der Waals surface area contributed by atoms with E-state index < -0.39 is 12.1 Å². The topological polar surface area (TPSA) is 128 Å². The van der Waals surface area contributed by atoms with Gasteiger partial charge in [-0.1, -0.05) is 0 Å². The lowest BCUT2D eigenvalue weighted by atomic mass is 10.1. The number of alkyl halides is 3. The highest BCUT2D eigenvalue weighted by atomic mass is 19.4. The fraction of sp³-hybridized carbons (Fsp3) is 0.400. The molecule has 0 spiro atoms. The molecule has 2 atom stereocenters. The van der Waals surface area contributed by atoms with Crippen molar-refractivity contribution in [2.24, 2.45) is 7.05 Å². The monoisotopic (exact) mass is 468 g/mol. The van der Waals surface area contributed by atoms with Gasteiger partial charge in [-0.3, -0.25) is 9.48 Å². The summed E-state index contributed by atoms with van der Waals surface area (Å²) in [4.78, 5) is 28.3. The Morgan fingerprint density at radius 3 is 2.58 bits per heavy atom. The van der Waals surface area contributed by atoms with Gasteiger partial charge in [0.2, 0.25) is 0 Å². The number of fused-ring (bicyclic) bond motifs is 1. The Morgan fingerprint density at radius 2 is 2.00 bits per heavy atom. The predicted octanol–water partition coefficient (Wildman–Crippen LogP) is 1.91. The van der Waals surface area contributed by atoms with Crippen LogP contribution < -0.4 is 5.73 Å². The number of anilines is 1. The van der Waals surface area contributed by atoms with Crippen molar-refractivity contribution >= 4 is 28.7 Å². The predicted molar refractivity (Wildman–Crippen MR) is 111 cm³/mol. The van der Waals surface area contributed by atoms with Crippen molar-refractivity contribution in [3.8, 4) is 0 Å². The van der Waals surface area contributed by atoms with E-state index in [9.17, 15) is 18.0 Å². The Hall–Kier alpha value is -3.61. The van der Waals surface area contributed by atoms with Gasteiger partial charge in [-0.2, -0.15) is 18.3 Å². The number of carbonyl (C=O) groups is 2. The number of carboxylic acid groups (broad SMARTS) is 1. The van der Waals surface area contributed by atoms with Crippen molar-refractivity contribution < 1.29 is 32.6 Å². The molecular weight excluding hydrogens is 445 g/mol. The second-order valence-corrected chi connectivity index (χ2v) is 7.53. The van der Waals surface area contributed by atoms with E-state index in [0.29, 0.717) is 24.5 Å². The summed E-state index contributed by atoms with van der Waals surface area (Å²) in [7, 11) is 3.62. The molecule has 1 fully saturated rings. The molecule has 13 heteroatoms. The number of aliphatic carboxylic acids is 1. The van der Waals surface area contributed by atoms with E-state index in [1.165, 1.54) is 0 Å². The Morgan fingerprint density at radius 1 is 1.30 bits per heavy atom. The molecule has 0 bridgehead atoms. The number of rotatable bonds is 4. The molecule has 2 aromatic heterocycles. The number of ether oxygens (including phenoxy) is 1. The van der Waals surface area contributed by atoms with Crippen molar-refractivity contribution in [3.63, 3.8) is 0 Å². The molecule has 10 nitrogen and oxygen atoms in total. The summed E-state index contributed by atoms with van der Waals surface area (Å²) in [5.74, 6) is -2.29. The zero-order chi connectivity index (χ0) is 24.3. The Bertz CT molecular complexity index is 1140. The van der Waals surface area contributed by atoms with Gasteiger partial charge in [0.1, 0.15) is 5.82 Å². The third-order valence-electron chi connectivity index (χ3n) is 5.24. The molecule has 3 heterocycles. The molecule has 0 saturated carbocycles. The van der Waals surface area contributed by atoms with Gasteiger partial charge in [0.25, 0.3) is 5.91 Å². The number of aryl methyl sites for hydroxylation is 1. The molecule has 0 aliphatic carbocycles. The number of nitrogens with two attached hydrogens (primary N) is 1. The van der Waals surface area contributed by atoms with Crippen molar-refractivity contribution in [1.29, 1.82) is 0 Å². The number of hydrogen-bond acceptors (Lipinski definition) is 6. The summed E-state index contributed by atoms with van der Waals surface area (Å²) in [6, 6.07) is 7.40. The minimum Gasteiger partial charge on any atom is -0.475 e. The van der Waals surface area contributed by atoms with E-state index in [1.807, 2.05) is 40.9 Å². The van der Waals surface area contributed by atoms with Gasteiger partial charge in [-0.15, -0.1) is 0 Å². The molecule has 178 valence electrons. The Kier molecular flexibility index (Phi) is 6.91. The highest BCUT2D eigenvalue weighted by Gasteiger charge is 2.38. The molecule has 33 heavy (non-hydrogen) atoms. The van der Waals surface area contributed by atoms with E-state index in [2.05, 4.69) is 10.1 Å². The number of benzene rings is 1. The highest BCUT2D eigenvalue weighted by Crippen LogP contribution is 2.25. The fourth-order valence-corrected chi connectivity index (χ4v) is 3.60. The molecule has 1 amide bonds. The summed E-state index contributed by atoms with van der Waals surface area (Å²) in [6.07, 6.45) is -0.706. The van der Waals surface area contributed by atoms with Gasteiger partial charge in [-0.05, 0) is 30.7 Å². The van der Waals surface area contributed by atoms with Gasteiger partial charge >= 0.3 is 12.1 Å². The van der Waals surface area contributed by atoms with Crippen LogP contribution in [0.3, 0.4) is 0 Å². The van der Waals surface area contributed by atoms with Crippen LogP contribution in [-0.2, 0) is 23.1 Å². The van der Waals surface area contributed by atoms with Gasteiger partial charge in [-0.25, -0.2) is 9.78 Å². The molecule has 1 saturated heterocycles. The second kappa shape index (κ2) is 9.48. The summed E-state index contributed by atoms with van der Waals surface area (Å²) < 4.78 is 41.0. The third kappa shape index (κ3) is 5.61. The first-order chi connectivity index (χ1) is 15.5. The van der Waals surface area contributed by atoms with Crippen LogP contribution in [0.25, 0.3) is 11.0 Å². The molecule has 3 aromatic rings. The van der Waals surface area contributed by atoms with E-state index in [-0.39, 0.29) is 18.1 Å². The molecule has 3 N–H and O–H groups in total. The SMILES string of the molecule is CO[C@@H]1C[C@@H](Cn2ccc(N)n2)N(C(=O)c2ccc3c(c2)ncn3C)C1.O=C(O)C(F)(F)F. The third-order valence-corrected chi connectivity index (χ3v) is 5.24. The first kappa shape index (κ1) is 24.0. The van der Waals surface area contributed by atoms with Crippen LogP contribution in [-0.4, -0.2) is 73.2 Å². The molecule has 1 aliphatic rings. The molecule has 1 aromatic carbocycles. The maximum absolute atomic E-state index is 13.1. The van der Waals surface area contributed by atoms with Crippen molar-refractivity contribution in [3.05, 3.63) is 42.4 Å². The molecule has 0 radical (unpaired) electrons. The number of amides is 1. The van der Waals surface area contributed by atoms with E-state index in [0.717, 1.165) is 17.5 Å². The summed E-state index contributed by atoms with van der Waals surface area (Å²) in [6.45, 7) is 1.16. The van der Waals surface area contributed by atoms with Crippen LogP contribution in [0.15, 0.2) is 36.8 Å². The fourth-order valence-electron chi connectivity index (χ4n) is 3.60. The van der Waals surface area contributed by atoms with Gasteiger partial charge in [0, 0.05) is 32.5 Å². The maximum atomic E-state index is 13.1. The van der Waals surface area contributed by atoms with E-state index in [4.69, 9.17) is 20.4 Å². The lowest BCUT2D eigenvalue weighted by Crippen LogP contribution is -2.38. The minimum absolute atomic E-state index is 0.00572. The van der Waals surface area contributed by atoms with E-state index in [1.54, 1.807) is 24.2 Å². The van der Waals surface area contributed by atoms with Gasteiger partial charge < -0.3 is 25.0 Å². The smallest absolute Gasteiger partial charge is 0.475 e. The Labute approximate surface area is 186 Å². The Balaban J connectivity index is 0.000000383. The van der Waals surface area contributed by atoms with Gasteiger partial charge in [0.15, 0.2) is 0 Å². The number of nitrogen functional groups attached to an aromatic ring is 1. The highest BCUT2D eigenvalue weighted by molar-refractivity contribution is 5.97. The number of nitrogens with zero attached hydrogens (tertiary/aromatic N) is 5. The van der Waals surface area contributed by atoms with Crippen LogP contribution in [0.4, 0.5) is 19.0 Å².